The summed E-state index contributed by atoms with van der Waals surface area (Å²) < 4.78 is 5.90. The van der Waals surface area contributed by atoms with Crippen LogP contribution in [0.2, 0.25) is 0 Å². The summed E-state index contributed by atoms with van der Waals surface area (Å²) in [6.07, 6.45) is 0. The van der Waals surface area contributed by atoms with Gasteiger partial charge in [-0.3, -0.25) is 0 Å². The van der Waals surface area contributed by atoms with E-state index in [-0.39, 0.29) is 43.3 Å². The van der Waals surface area contributed by atoms with Crippen molar-refractivity contribution in [3.05, 3.63) is 291 Å². The zero-order valence-corrected chi connectivity index (χ0v) is 47.9. The average molecular weight is 1170 g/mol. The Hall–Kier alpha value is -9.25. The normalized spacial score (nSPS) is 13.2. The number of para-hydroxylation sites is 8. The summed E-state index contributed by atoms with van der Waals surface area (Å²) in [4.78, 5) is 9.94. The molecule has 4 nitrogen and oxygen atoms in total. The molecule has 0 aliphatic carbocycles. The van der Waals surface area contributed by atoms with Gasteiger partial charge in [-0.2, -0.15) is 0 Å². The van der Waals surface area contributed by atoms with E-state index in [2.05, 4.69) is 311 Å². The molecule has 17 rings (SSSR count). The molecule has 8 heteroatoms. The van der Waals surface area contributed by atoms with E-state index in [1.54, 1.807) is 0 Å². The van der Waals surface area contributed by atoms with E-state index in [4.69, 9.17) is 0 Å². The predicted octanol–water partition coefficient (Wildman–Crippen LogP) is 11.5. The minimum atomic E-state index is 0.00898. The predicted molar refractivity (Wildman–Crippen MR) is 352 cm³/mol. The van der Waals surface area contributed by atoms with Crippen molar-refractivity contribution in [3.63, 3.8) is 0 Å². The number of rotatable bonds is 8. The Kier molecular flexibility index (Phi) is 11.1. The van der Waals surface area contributed by atoms with Crippen molar-refractivity contribution in [2.75, 3.05) is 19.6 Å². The van der Waals surface area contributed by atoms with Crippen LogP contribution < -0.4 is 70.2 Å². The van der Waals surface area contributed by atoms with Gasteiger partial charge in [0.15, 0.2) is 0 Å². The standard InChI is InChI=1S/C74H48B2N4Se2/c1-7-23-51(24-8-1)77(52-25-9-2-10-26-52)57-39-41-59-49(43-57)45-69-71-73(59)79(55-31-15-5-16-32-55)65-37-21-19-35-61(65)75(71)63-47-64-68(48-67(63)81-69)82-70-46-50-44-58(78(53-27-11-3-12-28-53)54-29-13-4-14-30-54)40-42-60(50)74-72(70)76(64)62-36-20-22-38-66(62)80(74)56-33-17-6-18-34-56/h1-48H. The Morgan fingerprint density at radius 3 is 0.988 bits per heavy atom. The van der Waals surface area contributed by atoms with Gasteiger partial charge in [0.2, 0.25) is 0 Å². The van der Waals surface area contributed by atoms with Crippen molar-refractivity contribution in [2.24, 2.45) is 0 Å². The van der Waals surface area contributed by atoms with Crippen molar-refractivity contribution in [1.29, 1.82) is 0 Å². The molecule has 4 aliphatic heterocycles. The summed E-state index contributed by atoms with van der Waals surface area (Å²) in [5.41, 5.74) is 22.8. The van der Waals surface area contributed by atoms with Gasteiger partial charge in [-0.1, -0.05) is 0 Å². The van der Waals surface area contributed by atoms with Crippen LogP contribution in [0, 0.1) is 0 Å². The molecular formula is C74H48B2N4Se2. The first kappa shape index (κ1) is 47.5. The van der Waals surface area contributed by atoms with Crippen LogP contribution in [-0.2, 0) is 0 Å². The fourth-order valence-corrected chi connectivity index (χ4v) is 19.1. The van der Waals surface area contributed by atoms with Crippen LogP contribution in [0.3, 0.4) is 0 Å². The molecule has 0 N–H and O–H groups in total. The molecule has 382 valence electrons. The molecule has 0 fully saturated rings. The quantitative estimate of drug-likeness (QED) is 0.141. The summed E-state index contributed by atoms with van der Waals surface area (Å²) >= 11 is 0.0180. The number of anilines is 12. The van der Waals surface area contributed by atoms with Gasteiger partial charge in [0.1, 0.15) is 0 Å². The van der Waals surface area contributed by atoms with Crippen molar-refractivity contribution in [3.8, 4) is 0 Å². The van der Waals surface area contributed by atoms with Gasteiger partial charge in [0.05, 0.1) is 0 Å². The van der Waals surface area contributed by atoms with Crippen LogP contribution in [-0.4, -0.2) is 43.3 Å². The fourth-order valence-electron chi connectivity index (χ4n) is 13.6. The Balaban J connectivity index is 0.888. The molecule has 4 aliphatic rings. The molecule has 0 saturated carbocycles. The summed E-state index contributed by atoms with van der Waals surface area (Å²) in [6.45, 7) is 0.0954. The fraction of sp³-hybridized carbons (Fsp3) is 0. The topological polar surface area (TPSA) is 13.0 Å². The number of benzene rings is 13. The average Bonchev–Trinajstić information content (AvgIpc) is 3.55. The molecule has 0 spiro atoms. The third kappa shape index (κ3) is 7.46. The molecule has 13 aromatic rings. The first-order valence-corrected chi connectivity index (χ1v) is 31.6. The first-order valence-electron chi connectivity index (χ1n) is 28.1. The maximum atomic E-state index is 2.71. The van der Waals surface area contributed by atoms with E-state index >= 15 is 0 Å². The molecule has 13 aromatic carbocycles. The van der Waals surface area contributed by atoms with Crippen LogP contribution in [0.5, 0.6) is 0 Å². The van der Waals surface area contributed by atoms with Gasteiger partial charge in [0.25, 0.3) is 0 Å². The van der Waals surface area contributed by atoms with E-state index < -0.39 is 0 Å². The van der Waals surface area contributed by atoms with Crippen molar-refractivity contribution in [1.82, 2.24) is 0 Å². The van der Waals surface area contributed by atoms with Gasteiger partial charge in [-0.15, -0.1) is 0 Å². The van der Waals surface area contributed by atoms with E-state index in [9.17, 15) is 0 Å². The van der Waals surface area contributed by atoms with E-state index in [0.717, 1.165) is 34.1 Å². The van der Waals surface area contributed by atoms with Crippen LogP contribution in [0.15, 0.2) is 291 Å². The SMILES string of the molecule is c1ccc(N(c2ccccc2)c2ccc3c4c5c(cc3c2)[Se]c2cc3c(cc2B5c2ccccc2N4c2ccccc2)B2c4ccccc4N(c4ccccc4)c4c2c(cc2cc(N(c5ccccc5)c5ccccc5)ccc42)[Se]3)cc1. The molecular weight excluding hydrogens is 1120 g/mol. The van der Waals surface area contributed by atoms with E-state index in [1.807, 2.05) is 0 Å². The van der Waals surface area contributed by atoms with E-state index in [0.29, 0.717) is 0 Å². The molecule has 0 atom stereocenters. The first-order chi connectivity index (χ1) is 40.7. The van der Waals surface area contributed by atoms with Crippen LogP contribution in [0.4, 0.5) is 68.2 Å². The monoisotopic (exact) mass is 1170 g/mol. The molecule has 0 bridgehead atoms. The third-order valence-electron chi connectivity index (χ3n) is 17.0. The van der Waals surface area contributed by atoms with Crippen LogP contribution in [0.1, 0.15) is 0 Å². The molecule has 0 unspecified atom stereocenters. The van der Waals surface area contributed by atoms with E-state index in [1.165, 1.54) is 106 Å². The molecule has 0 saturated heterocycles. The van der Waals surface area contributed by atoms with Crippen molar-refractivity contribution >= 4 is 184 Å². The Morgan fingerprint density at radius 1 is 0.268 bits per heavy atom. The summed E-state index contributed by atoms with van der Waals surface area (Å²) in [7, 11) is 0. The molecule has 0 aromatic heterocycles. The Morgan fingerprint density at radius 2 is 0.610 bits per heavy atom. The zero-order valence-electron chi connectivity index (χ0n) is 44.5. The second-order valence-electron chi connectivity index (χ2n) is 21.6. The van der Waals surface area contributed by atoms with Gasteiger partial charge in [-0.05, 0) is 0 Å². The zero-order chi connectivity index (χ0) is 53.8. The number of fused-ring (bicyclic) bond motifs is 12. The van der Waals surface area contributed by atoms with Gasteiger partial charge < -0.3 is 0 Å². The third-order valence-corrected chi connectivity index (χ3v) is 21.8. The Labute approximate surface area is 491 Å². The Bertz CT molecular complexity index is 4290. The van der Waals surface area contributed by atoms with Crippen molar-refractivity contribution < 1.29 is 0 Å². The number of hydrogen-bond acceptors (Lipinski definition) is 4. The molecule has 82 heavy (non-hydrogen) atoms. The molecule has 4 heterocycles. The van der Waals surface area contributed by atoms with Crippen LogP contribution in [0.25, 0.3) is 21.5 Å². The summed E-state index contributed by atoms with van der Waals surface area (Å²) in [6, 6.07) is 109. The maximum absolute atomic E-state index is 2.71. The van der Waals surface area contributed by atoms with Gasteiger partial charge in [0, 0.05) is 0 Å². The molecule has 0 amide bonds. The van der Waals surface area contributed by atoms with Gasteiger partial charge in [-0.25, -0.2) is 0 Å². The second-order valence-corrected chi connectivity index (χ2v) is 26.1. The number of nitrogens with zero attached hydrogens (tertiary/aromatic N) is 4. The molecule has 0 radical (unpaired) electrons. The summed E-state index contributed by atoms with van der Waals surface area (Å²) in [5.74, 6) is 0. The second kappa shape index (κ2) is 19.2. The number of hydrogen-bond donors (Lipinski definition) is 0. The van der Waals surface area contributed by atoms with Crippen LogP contribution >= 0.6 is 0 Å². The van der Waals surface area contributed by atoms with Crippen molar-refractivity contribution in [2.45, 2.75) is 0 Å². The summed E-state index contributed by atoms with van der Waals surface area (Å²) in [5, 5.41) is 5.03. The van der Waals surface area contributed by atoms with Gasteiger partial charge >= 0.3 is 495 Å². The minimum absolute atomic E-state index is 0.00898.